The summed E-state index contributed by atoms with van der Waals surface area (Å²) in [5, 5.41) is 3.42. The molecule has 5 nitrogen and oxygen atoms in total. The normalized spacial score (nSPS) is 23.1. The van der Waals surface area contributed by atoms with Gasteiger partial charge >= 0.3 is 0 Å². The van der Waals surface area contributed by atoms with Crippen LogP contribution < -0.4 is 0 Å². The Balaban J connectivity index is 1.45. The molecular formula is C16H25N3O2S. The predicted octanol–water partition coefficient (Wildman–Crippen LogP) is 1.92. The van der Waals surface area contributed by atoms with Crippen molar-refractivity contribution in [2.45, 2.75) is 45.3 Å². The molecule has 3 rings (SSSR count). The van der Waals surface area contributed by atoms with E-state index in [1.807, 2.05) is 4.90 Å². The highest BCUT2D eigenvalue weighted by molar-refractivity contribution is 7.09. The zero-order valence-electron chi connectivity index (χ0n) is 13.3. The molecule has 6 heteroatoms. The second-order valence-electron chi connectivity index (χ2n) is 6.09. The lowest BCUT2D eigenvalue weighted by Gasteiger charge is -2.35. The van der Waals surface area contributed by atoms with E-state index in [-0.39, 0.29) is 12.0 Å². The largest absolute Gasteiger partial charge is 0.368 e. The highest BCUT2D eigenvalue weighted by Crippen LogP contribution is 2.17. The summed E-state index contributed by atoms with van der Waals surface area (Å²) < 4.78 is 5.50. The second-order valence-corrected chi connectivity index (χ2v) is 7.03. The van der Waals surface area contributed by atoms with Gasteiger partial charge in [-0.2, -0.15) is 0 Å². The average molecular weight is 323 g/mol. The highest BCUT2D eigenvalue weighted by Gasteiger charge is 2.30. The van der Waals surface area contributed by atoms with Crippen molar-refractivity contribution in [3.8, 4) is 0 Å². The lowest BCUT2D eigenvalue weighted by Crippen LogP contribution is -2.51. The fourth-order valence-corrected chi connectivity index (χ4v) is 3.97. The van der Waals surface area contributed by atoms with Gasteiger partial charge in [0.15, 0.2) is 0 Å². The SMILES string of the molecule is CCCc1nc(CN2CCN(C(=O)[C@H]3CCCO3)CC2)cs1. The molecule has 0 unspecified atom stereocenters. The molecule has 22 heavy (non-hydrogen) atoms. The van der Waals surface area contributed by atoms with Crippen LogP contribution in [0.15, 0.2) is 5.38 Å². The molecule has 2 saturated heterocycles. The first kappa shape index (κ1) is 15.9. The number of thiazole rings is 1. The van der Waals surface area contributed by atoms with Crippen LogP contribution in [0.2, 0.25) is 0 Å². The quantitative estimate of drug-likeness (QED) is 0.830. The maximum atomic E-state index is 12.3. The Morgan fingerprint density at radius 3 is 2.91 bits per heavy atom. The predicted molar refractivity (Wildman–Crippen MR) is 86.9 cm³/mol. The Kier molecular flexibility index (Phi) is 5.44. The van der Waals surface area contributed by atoms with Crippen molar-refractivity contribution in [1.29, 1.82) is 0 Å². The zero-order chi connectivity index (χ0) is 15.4. The van der Waals surface area contributed by atoms with E-state index >= 15 is 0 Å². The van der Waals surface area contributed by atoms with Crippen molar-refractivity contribution >= 4 is 17.2 Å². The third-order valence-corrected chi connectivity index (χ3v) is 5.30. The first-order valence-corrected chi connectivity index (χ1v) is 9.20. The second kappa shape index (κ2) is 7.53. The molecule has 0 spiro atoms. The summed E-state index contributed by atoms with van der Waals surface area (Å²) in [4.78, 5) is 21.4. The van der Waals surface area contributed by atoms with Crippen molar-refractivity contribution in [3.63, 3.8) is 0 Å². The van der Waals surface area contributed by atoms with Gasteiger partial charge in [0.05, 0.1) is 10.7 Å². The number of hydrogen-bond acceptors (Lipinski definition) is 5. The molecule has 122 valence electrons. The minimum Gasteiger partial charge on any atom is -0.368 e. The molecule has 0 radical (unpaired) electrons. The lowest BCUT2D eigenvalue weighted by molar-refractivity contribution is -0.142. The van der Waals surface area contributed by atoms with Crippen LogP contribution in [0.5, 0.6) is 0 Å². The monoisotopic (exact) mass is 323 g/mol. The van der Waals surface area contributed by atoms with Gasteiger partial charge in [-0.3, -0.25) is 9.69 Å². The van der Waals surface area contributed by atoms with Crippen LogP contribution >= 0.6 is 11.3 Å². The molecule has 0 aliphatic carbocycles. The zero-order valence-corrected chi connectivity index (χ0v) is 14.1. The number of aromatic nitrogens is 1. The third kappa shape index (κ3) is 3.86. The molecule has 3 heterocycles. The van der Waals surface area contributed by atoms with Crippen LogP contribution in [0.25, 0.3) is 0 Å². The van der Waals surface area contributed by atoms with Gasteiger partial charge in [-0.05, 0) is 25.7 Å². The molecule has 1 atom stereocenters. The van der Waals surface area contributed by atoms with E-state index in [0.29, 0.717) is 0 Å². The van der Waals surface area contributed by atoms with E-state index < -0.39 is 0 Å². The number of carbonyl (C=O) groups excluding carboxylic acids is 1. The fourth-order valence-electron chi connectivity index (χ4n) is 3.08. The van der Waals surface area contributed by atoms with Gasteiger partial charge in [-0.15, -0.1) is 11.3 Å². The smallest absolute Gasteiger partial charge is 0.251 e. The number of nitrogens with zero attached hydrogens (tertiary/aromatic N) is 3. The van der Waals surface area contributed by atoms with E-state index in [4.69, 9.17) is 4.74 Å². The first-order chi connectivity index (χ1) is 10.8. The maximum Gasteiger partial charge on any atom is 0.251 e. The lowest BCUT2D eigenvalue weighted by atomic mass is 10.2. The molecule has 0 N–H and O–H groups in total. The van der Waals surface area contributed by atoms with Crippen LogP contribution in [0.3, 0.4) is 0 Å². The Hall–Kier alpha value is -0.980. The van der Waals surface area contributed by atoms with Crippen LogP contribution in [-0.4, -0.2) is 59.6 Å². The van der Waals surface area contributed by atoms with Crippen LogP contribution in [-0.2, 0) is 22.5 Å². The van der Waals surface area contributed by atoms with E-state index in [0.717, 1.165) is 65.0 Å². The van der Waals surface area contributed by atoms with Gasteiger partial charge in [-0.25, -0.2) is 4.98 Å². The van der Waals surface area contributed by atoms with Crippen LogP contribution in [0, 0.1) is 0 Å². The Morgan fingerprint density at radius 2 is 2.23 bits per heavy atom. The summed E-state index contributed by atoms with van der Waals surface area (Å²) in [7, 11) is 0. The molecule has 1 aromatic heterocycles. The number of rotatable bonds is 5. The maximum absolute atomic E-state index is 12.3. The number of piperazine rings is 1. The van der Waals surface area contributed by atoms with Crippen molar-refractivity contribution in [2.24, 2.45) is 0 Å². The third-order valence-electron chi connectivity index (χ3n) is 4.34. The summed E-state index contributed by atoms with van der Waals surface area (Å²) >= 11 is 1.77. The Morgan fingerprint density at radius 1 is 1.41 bits per heavy atom. The molecule has 0 bridgehead atoms. The van der Waals surface area contributed by atoms with Gasteiger partial charge < -0.3 is 9.64 Å². The van der Waals surface area contributed by atoms with Crippen molar-refractivity contribution < 1.29 is 9.53 Å². The molecule has 1 aromatic rings. The first-order valence-electron chi connectivity index (χ1n) is 8.32. The van der Waals surface area contributed by atoms with E-state index in [9.17, 15) is 4.79 Å². The summed E-state index contributed by atoms with van der Waals surface area (Å²) in [6.07, 6.45) is 3.95. The Labute approximate surface area is 136 Å². The number of hydrogen-bond donors (Lipinski definition) is 0. The fraction of sp³-hybridized carbons (Fsp3) is 0.750. The van der Waals surface area contributed by atoms with Gasteiger partial charge in [0, 0.05) is 44.7 Å². The summed E-state index contributed by atoms with van der Waals surface area (Å²) in [5.41, 5.74) is 1.17. The van der Waals surface area contributed by atoms with Crippen molar-refractivity contribution in [2.75, 3.05) is 32.8 Å². The number of amides is 1. The van der Waals surface area contributed by atoms with Gasteiger partial charge in [0.25, 0.3) is 5.91 Å². The highest BCUT2D eigenvalue weighted by atomic mass is 32.1. The minimum absolute atomic E-state index is 0.179. The minimum atomic E-state index is -0.179. The van der Waals surface area contributed by atoms with Gasteiger partial charge in [0.1, 0.15) is 6.10 Å². The molecule has 1 amide bonds. The summed E-state index contributed by atoms with van der Waals surface area (Å²) in [6.45, 7) is 7.31. The molecule has 0 aromatic carbocycles. The van der Waals surface area contributed by atoms with E-state index in [1.54, 1.807) is 11.3 Å². The molecule has 2 aliphatic heterocycles. The van der Waals surface area contributed by atoms with E-state index in [1.165, 1.54) is 10.7 Å². The number of aryl methyl sites for hydroxylation is 1. The molecule has 2 fully saturated rings. The summed E-state index contributed by atoms with van der Waals surface area (Å²) in [6, 6.07) is 0. The standard InChI is InChI=1S/C16H25N3O2S/c1-2-4-15-17-13(12-22-15)11-18-6-8-19(9-7-18)16(20)14-5-3-10-21-14/h12,14H,2-11H2,1H3/t14-/m1/s1. The van der Waals surface area contributed by atoms with Gasteiger partial charge in [0.2, 0.25) is 0 Å². The number of ether oxygens (including phenoxy) is 1. The number of carbonyl (C=O) groups is 1. The van der Waals surface area contributed by atoms with Crippen molar-refractivity contribution in [1.82, 2.24) is 14.8 Å². The van der Waals surface area contributed by atoms with Crippen LogP contribution in [0.1, 0.15) is 36.9 Å². The molecule has 0 saturated carbocycles. The van der Waals surface area contributed by atoms with Crippen LogP contribution in [0.4, 0.5) is 0 Å². The van der Waals surface area contributed by atoms with E-state index in [2.05, 4.69) is 22.2 Å². The topological polar surface area (TPSA) is 45.7 Å². The summed E-state index contributed by atoms with van der Waals surface area (Å²) in [5.74, 6) is 0.191. The van der Waals surface area contributed by atoms with Gasteiger partial charge in [-0.1, -0.05) is 6.92 Å². The molecular weight excluding hydrogens is 298 g/mol. The van der Waals surface area contributed by atoms with Crippen molar-refractivity contribution in [3.05, 3.63) is 16.1 Å². The molecule has 2 aliphatic rings. The average Bonchev–Trinajstić information content (AvgIpc) is 3.20. The Bertz CT molecular complexity index is 491.